The second kappa shape index (κ2) is 5.08. The molecule has 1 saturated carbocycles. The Hall–Kier alpha value is -1.16. The summed E-state index contributed by atoms with van der Waals surface area (Å²) in [5.74, 6) is 0.893. The maximum atomic E-state index is 11.4. The van der Waals surface area contributed by atoms with Crippen molar-refractivity contribution in [3.8, 4) is 0 Å². The van der Waals surface area contributed by atoms with Gasteiger partial charge in [-0.25, -0.2) is 0 Å². The van der Waals surface area contributed by atoms with Crippen LogP contribution in [0.4, 0.5) is 11.4 Å². The smallest absolute Gasteiger partial charge is 0.228 e. The van der Waals surface area contributed by atoms with Crippen LogP contribution in [0.25, 0.3) is 0 Å². The lowest BCUT2D eigenvalue weighted by Gasteiger charge is -2.26. The molecule has 2 aliphatic rings. The summed E-state index contributed by atoms with van der Waals surface area (Å²) in [6, 6.07) is 4.02. The number of nitrogens with two attached hydrogens (primary N) is 1. The molecule has 3 nitrogen and oxygen atoms in total. The molecule has 1 heterocycles. The van der Waals surface area contributed by atoms with Crippen LogP contribution in [0.5, 0.6) is 0 Å². The zero-order valence-corrected chi connectivity index (χ0v) is 12.1. The highest BCUT2D eigenvalue weighted by Gasteiger charge is 2.23. The van der Waals surface area contributed by atoms with Crippen molar-refractivity contribution in [2.24, 2.45) is 5.92 Å². The summed E-state index contributed by atoms with van der Waals surface area (Å²) in [5, 5.41) is 3.57. The fraction of sp³-hybridized carbons (Fsp3) is 0.533. The number of nitrogens with one attached hydrogen (secondary N) is 1. The van der Waals surface area contributed by atoms with Crippen molar-refractivity contribution < 1.29 is 4.79 Å². The van der Waals surface area contributed by atoms with Gasteiger partial charge in [0.05, 0.1) is 6.42 Å². The SMILES string of the molecule is CC1CCCC(Sc2cc3c(cc2N)CC(=O)N3)C1. The van der Waals surface area contributed by atoms with E-state index in [0.717, 1.165) is 27.8 Å². The van der Waals surface area contributed by atoms with Gasteiger partial charge in [-0.3, -0.25) is 4.79 Å². The molecule has 0 spiro atoms. The third kappa shape index (κ3) is 2.73. The lowest BCUT2D eigenvalue weighted by molar-refractivity contribution is -0.115. The van der Waals surface area contributed by atoms with Gasteiger partial charge in [-0.15, -0.1) is 11.8 Å². The average Bonchev–Trinajstić information content (AvgIpc) is 2.69. The molecule has 0 aromatic heterocycles. The summed E-state index contributed by atoms with van der Waals surface area (Å²) in [6.07, 6.45) is 5.68. The molecule has 0 bridgehead atoms. The highest BCUT2D eigenvalue weighted by Crippen LogP contribution is 2.40. The lowest BCUT2D eigenvalue weighted by Crippen LogP contribution is -2.15. The first-order valence-corrected chi connectivity index (χ1v) is 7.88. The van der Waals surface area contributed by atoms with E-state index in [-0.39, 0.29) is 5.91 Å². The normalized spacial score (nSPS) is 26.1. The predicted molar refractivity (Wildman–Crippen MR) is 80.5 cm³/mol. The van der Waals surface area contributed by atoms with Crippen molar-refractivity contribution in [1.82, 2.24) is 0 Å². The number of amides is 1. The number of thioether (sulfide) groups is 1. The second-order valence-corrected chi connectivity index (χ2v) is 7.13. The Balaban J connectivity index is 1.78. The lowest BCUT2D eigenvalue weighted by atomic mass is 9.91. The third-order valence-electron chi connectivity index (χ3n) is 4.04. The molecular weight excluding hydrogens is 256 g/mol. The molecule has 2 unspecified atom stereocenters. The van der Waals surface area contributed by atoms with E-state index in [1.54, 1.807) is 0 Å². The van der Waals surface area contributed by atoms with Crippen LogP contribution >= 0.6 is 11.8 Å². The van der Waals surface area contributed by atoms with Crippen molar-refractivity contribution in [3.05, 3.63) is 17.7 Å². The summed E-state index contributed by atoms with van der Waals surface area (Å²) >= 11 is 1.89. The number of carbonyl (C=O) groups excluding carboxylic acids is 1. The van der Waals surface area contributed by atoms with Crippen LogP contribution in [0.2, 0.25) is 0 Å². The maximum Gasteiger partial charge on any atom is 0.228 e. The molecule has 3 rings (SSSR count). The number of fused-ring (bicyclic) bond motifs is 1. The molecule has 19 heavy (non-hydrogen) atoms. The van der Waals surface area contributed by atoms with Crippen LogP contribution in [0.3, 0.4) is 0 Å². The van der Waals surface area contributed by atoms with Gasteiger partial charge in [0, 0.05) is 21.5 Å². The number of anilines is 2. The minimum Gasteiger partial charge on any atom is -0.398 e. The Morgan fingerprint density at radius 2 is 2.21 bits per heavy atom. The van der Waals surface area contributed by atoms with Crippen molar-refractivity contribution in [1.29, 1.82) is 0 Å². The fourth-order valence-corrected chi connectivity index (χ4v) is 4.49. The monoisotopic (exact) mass is 276 g/mol. The average molecular weight is 276 g/mol. The van der Waals surface area contributed by atoms with Gasteiger partial charge < -0.3 is 11.1 Å². The summed E-state index contributed by atoms with van der Waals surface area (Å²) < 4.78 is 0. The van der Waals surface area contributed by atoms with Gasteiger partial charge >= 0.3 is 0 Å². The maximum absolute atomic E-state index is 11.4. The van der Waals surface area contributed by atoms with Gasteiger partial charge in [0.25, 0.3) is 0 Å². The van der Waals surface area contributed by atoms with E-state index in [1.807, 2.05) is 17.8 Å². The van der Waals surface area contributed by atoms with Crippen molar-refractivity contribution in [2.75, 3.05) is 11.1 Å². The highest BCUT2D eigenvalue weighted by atomic mass is 32.2. The Kier molecular flexibility index (Phi) is 3.44. The van der Waals surface area contributed by atoms with E-state index in [2.05, 4.69) is 18.3 Å². The number of hydrogen-bond donors (Lipinski definition) is 2. The molecule has 1 aromatic rings. The molecule has 2 atom stereocenters. The molecule has 1 aliphatic heterocycles. The van der Waals surface area contributed by atoms with Crippen LogP contribution < -0.4 is 11.1 Å². The standard InChI is InChI=1S/C15H20N2OS/c1-9-3-2-4-11(5-9)19-14-8-13-10(6-12(14)16)7-15(18)17-13/h6,8-9,11H,2-5,7,16H2,1H3,(H,17,18). The van der Waals surface area contributed by atoms with Crippen LogP contribution in [-0.2, 0) is 11.2 Å². The zero-order valence-electron chi connectivity index (χ0n) is 11.2. The van der Waals surface area contributed by atoms with Crippen LogP contribution in [0.1, 0.15) is 38.2 Å². The van der Waals surface area contributed by atoms with E-state index in [1.165, 1.54) is 25.7 Å². The first-order chi connectivity index (χ1) is 9.11. The summed E-state index contributed by atoms with van der Waals surface area (Å²) in [4.78, 5) is 12.5. The summed E-state index contributed by atoms with van der Waals surface area (Å²) in [6.45, 7) is 2.33. The fourth-order valence-electron chi connectivity index (χ4n) is 3.04. The van der Waals surface area contributed by atoms with E-state index in [9.17, 15) is 4.79 Å². The highest BCUT2D eigenvalue weighted by molar-refractivity contribution is 8.00. The summed E-state index contributed by atoms with van der Waals surface area (Å²) in [7, 11) is 0. The number of rotatable bonds is 2. The van der Waals surface area contributed by atoms with Gasteiger partial charge in [-0.05, 0) is 36.5 Å². The number of nitrogen functional groups attached to an aromatic ring is 1. The second-order valence-electron chi connectivity index (χ2n) is 5.78. The summed E-state index contributed by atoms with van der Waals surface area (Å²) in [5.41, 5.74) is 8.93. The Labute approximate surface area is 118 Å². The molecule has 0 saturated heterocycles. The topological polar surface area (TPSA) is 55.1 Å². The van der Waals surface area contributed by atoms with Crippen molar-refractivity contribution in [2.45, 2.75) is 49.2 Å². The molecule has 1 aliphatic carbocycles. The van der Waals surface area contributed by atoms with E-state index >= 15 is 0 Å². The van der Waals surface area contributed by atoms with E-state index in [0.29, 0.717) is 11.7 Å². The first kappa shape index (κ1) is 12.9. The predicted octanol–water partition coefficient (Wildman–Crippen LogP) is 3.43. The van der Waals surface area contributed by atoms with E-state index in [4.69, 9.17) is 5.73 Å². The first-order valence-electron chi connectivity index (χ1n) is 7.00. The largest absolute Gasteiger partial charge is 0.398 e. The number of carbonyl (C=O) groups is 1. The Bertz CT molecular complexity index is 515. The molecule has 1 aromatic carbocycles. The Morgan fingerprint density at radius 3 is 3.00 bits per heavy atom. The number of hydrogen-bond acceptors (Lipinski definition) is 3. The molecule has 1 fully saturated rings. The van der Waals surface area contributed by atoms with Gasteiger partial charge in [0.2, 0.25) is 5.91 Å². The van der Waals surface area contributed by atoms with E-state index < -0.39 is 0 Å². The van der Waals surface area contributed by atoms with Gasteiger partial charge in [0.15, 0.2) is 0 Å². The Morgan fingerprint density at radius 1 is 1.37 bits per heavy atom. The molecule has 1 amide bonds. The van der Waals surface area contributed by atoms with Crippen molar-refractivity contribution >= 4 is 29.0 Å². The number of benzene rings is 1. The van der Waals surface area contributed by atoms with Crippen molar-refractivity contribution in [3.63, 3.8) is 0 Å². The molecule has 3 N–H and O–H groups in total. The van der Waals surface area contributed by atoms with Gasteiger partial charge in [-0.1, -0.05) is 19.8 Å². The van der Waals surface area contributed by atoms with Crippen LogP contribution in [0, 0.1) is 5.92 Å². The van der Waals surface area contributed by atoms with Gasteiger partial charge in [-0.2, -0.15) is 0 Å². The van der Waals surface area contributed by atoms with Gasteiger partial charge in [0.1, 0.15) is 0 Å². The molecular formula is C15H20N2OS. The molecule has 4 heteroatoms. The molecule has 0 radical (unpaired) electrons. The van der Waals surface area contributed by atoms with Crippen LogP contribution in [-0.4, -0.2) is 11.2 Å². The quantitative estimate of drug-likeness (QED) is 0.814. The molecule has 102 valence electrons. The zero-order chi connectivity index (χ0) is 13.4. The van der Waals surface area contributed by atoms with Crippen LogP contribution in [0.15, 0.2) is 17.0 Å². The minimum absolute atomic E-state index is 0.0721. The minimum atomic E-state index is 0.0721. The third-order valence-corrected chi connectivity index (χ3v) is 5.41.